The summed E-state index contributed by atoms with van der Waals surface area (Å²) in [5.74, 6) is 0. The van der Waals surface area contributed by atoms with Gasteiger partial charge in [0.15, 0.2) is 0 Å². The van der Waals surface area contributed by atoms with Crippen molar-refractivity contribution in [3.05, 3.63) is 11.6 Å². The summed E-state index contributed by atoms with van der Waals surface area (Å²) >= 11 is 0. The van der Waals surface area contributed by atoms with E-state index in [9.17, 15) is 4.79 Å². The van der Waals surface area contributed by atoms with Crippen LogP contribution in [0, 0.1) is 5.41 Å². The second kappa shape index (κ2) is 4.59. The summed E-state index contributed by atoms with van der Waals surface area (Å²) in [6.07, 6.45) is 10.8. The van der Waals surface area contributed by atoms with Crippen molar-refractivity contribution in [1.29, 1.82) is 0 Å². The zero-order valence-corrected chi connectivity index (χ0v) is 8.81. The SMILES string of the molecule is CC(C)(C=O)CCC1=CCCCC1. The molecule has 1 nitrogen and oxygen atoms in total. The summed E-state index contributed by atoms with van der Waals surface area (Å²) in [6, 6.07) is 0. The predicted molar refractivity (Wildman–Crippen MR) is 55.6 cm³/mol. The molecular formula is C12H20O. The molecule has 0 saturated carbocycles. The first-order valence-corrected chi connectivity index (χ1v) is 5.28. The maximum Gasteiger partial charge on any atom is 0.125 e. The van der Waals surface area contributed by atoms with Gasteiger partial charge in [-0.2, -0.15) is 0 Å². The quantitative estimate of drug-likeness (QED) is 0.478. The zero-order valence-electron chi connectivity index (χ0n) is 8.81. The average Bonchev–Trinajstić information content (AvgIpc) is 2.17. The molecule has 0 aromatic rings. The van der Waals surface area contributed by atoms with Gasteiger partial charge in [-0.05, 0) is 38.5 Å². The summed E-state index contributed by atoms with van der Waals surface area (Å²) < 4.78 is 0. The molecule has 0 heterocycles. The van der Waals surface area contributed by atoms with Gasteiger partial charge in [-0.15, -0.1) is 0 Å². The lowest BCUT2D eigenvalue weighted by Gasteiger charge is -2.19. The molecule has 0 saturated heterocycles. The number of aldehydes is 1. The molecule has 1 aliphatic carbocycles. The minimum Gasteiger partial charge on any atom is -0.303 e. The molecule has 74 valence electrons. The van der Waals surface area contributed by atoms with Gasteiger partial charge in [0, 0.05) is 5.41 Å². The highest BCUT2D eigenvalue weighted by Gasteiger charge is 2.16. The molecule has 0 aliphatic heterocycles. The number of hydrogen-bond donors (Lipinski definition) is 0. The third-order valence-corrected chi connectivity index (χ3v) is 2.79. The van der Waals surface area contributed by atoms with E-state index in [1.807, 2.05) is 13.8 Å². The van der Waals surface area contributed by atoms with Crippen LogP contribution >= 0.6 is 0 Å². The van der Waals surface area contributed by atoms with Crippen LogP contribution in [0.3, 0.4) is 0 Å². The van der Waals surface area contributed by atoms with E-state index in [1.54, 1.807) is 5.57 Å². The second-order valence-electron chi connectivity index (χ2n) is 4.71. The van der Waals surface area contributed by atoms with E-state index in [1.165, 1.54) is 25.7 Å². The molecule has 1 rings (SSSR count). The average molecular weight is 180 g/mol. The summed E-state index contributed by atoms with van der Waals surface area (Å²) in [4.78, 5) is 10.7. The summed E-state index contributed by atoms with van der Waals surface area (Å²) in [5, 5.41) is 0. The van der Waals surface area contributed by atoms with E-state index >= 15 is 0 Å². The molecule has 0 amide bonds. The highest BCUT2D eigenvalue weighted by molar-refractivity contribution is 5.57. The molecule has 1 heteroatoms. The Balaban J connectivity index is 2.33. The van der Waals surface area contributed by atoms with E-state index in [-0.39, 0.29) is 5.41 Å². The van der Waals surface area contributed by atoms with Gasteiger partial charge >= 0.3 is 0 Å². The number of allylic oxidation sites excluding steroid dienone is 2. The molecule has 0 aromatic carbocycles. The normalized spacial score (nSPS) is 18.2. The maximum absolute atomic E-state index is 10.7. The fraction of sp³-hybridized carbons (Fsp3) is 0.750. The lowest BCUT2D eigenvalue weighted by Crippen LogP contribution is -2.13. The van der Waals surface area contributed by atoms with Crippen molar-refractivity contribution in [3.63, 3.8) is 0 Å². The highest BCUT2D eigenvalue weighted by Crippen LogP contribution is 2.27. The van der Waals surface area contributed by atoms with E-state index in [0.29, 0.717) is 0 Å². The monoisotopic (exact) mass is 180 g/mol. The molecule has 0 fully saturated rings. The minimum absolute atomic E-state index is 0.127. The Morgan fingerprint density at radius 1 is 1.46 bits per heavy atom. The van der Waals surface area contributed by atoms with Crippen molar-refractivity contribution in [2.75, 3.05) is 0 Å². The first-order valence-electron chi connectivity index (χ1n) is 5.28. The topological polar surface area (TPSA) is 17.1 Å². The Morgan fingerprint density at radius 3 is 2.77 bits per heavy atom. The molecule has 0 aromatic heterocycles. The van der Waals surface area contributed by atoms with Crippen LogP contribution in [0.4, 0.5) is 0 Å². The molecule has 0 bridgehead atoms. The van der Waals surface area contributed by atoms with Gasteiger partial charge in [-0.25, -0.2) is 0 Å². The van der Waals surface area contributed by atoms with Crippen molar-refractivity contribution >= 4 is 6.29 Å². The van der Waals surface area contributed by atoms with Gasteiger partial charge in [-0.3, -0.25) is 0 Å². The van der Waals surface area contributed by atoms with Crippen LogP contribution in [0.1, 0.15) is 52.4 Å². The third kappa shape index (κ3) is 3.75. The molecule has 0 atom stereocenters. The first-order chi connectivity index (χ1) is 6.14. The Morgan fingerprint density at radius 2 is 2.23 bits per heavy atom. The van der Waals surface area contributed by atoms with Crippen LogP contribution in [-0.4, -0.2) is 6.29 Å². The Bertz CT molecular complexity index is 201. The minimum atomic E-state index is -0.127. The largest absolute Gasteiger partial charge is 0.303 e. The van der Waals surface area contributed by atoms with E-state index in [0.717, 1.165) is 19.1 Å². The molecule has 0 radical (unpaired) electrons. The van der Waals surface area contributed by atoms with E-state index < -0.39 is 0 Å². The van der Waals surface area contributed by atoms with Gasteiger partial charge in [0.05, 0.1) is 0 Å². The Kier molecular flexibility index (Phi) is 3.71. The molecule has 0 unspecified atom stereocenters. The van der Waals surface area contributed by atoms with Crippen molar-refractivity contribution in [3.8, 4) is 0 Å². The summed E-state index contributed by atoms with van der Waals surface area (Å²) in [5.41, 5.74) is 1.44. The van der Waals surface area contributed by atoms with Gasteiger partial charge < -0.3 is 4.79 Å². The molecule has 13 heavy (non-hydrogen) atoms. The summed E-state index contributed by atoms with van der Waals surface area (Å²) in [6.45, 7) is 4.03. The smallest absolute Gasteiger partial charge is 0.125 e. The fourth-order valence-corrected chi connectivity index (χ4v) is 1.67. The van der Waals surface area contributed by atoms with E-state index in [2.05, 4.69) is 6.08 Å². The molecule has 0 spiro atoms. The zero-order chi connectivity index (χ0) is 9.73. The van der Waals surface area contributed by atoms with Crippen molar-refractivity contribution in [2.45, 2.75) is 52.4 Å². The van der Waals surface area contributed by atoms with Crippen LogP contribution in [0.2, 0.25) is 0 Å². The van der Waals surface area contributed by atoms with Gasteiger partial charge in [0.25, 0.3) is 0 Å². The van der Waals surface area contributed by atoms with Crippen LogP contribution in [-0.2, 0) is 4.79 Å². The highest BCUT2D eigenvalue weighted by atomic mass is 16.1. The van der Waals surface area contributed by atoms with Crippen LogP contribution in [0.15, 0.2) is 11.6 Å². The second-order valence-corrected chi connectivity index (χ2v) is 4.71. The number of carbonyl (C=O) groups excluding carboxylic acids is 1. The van der Waals surface area contributed by atoms with Crippen LogP contribution in [0.25, 0.3) is 0 Å². The van der Waals surface area contributed by atoms with Gasteiger partial charge in [-0.1, -0.05) is 25.5 Å². The predicted octanol–water partition coefficient (Wildman–Crippen LogP) is 3.49. The maximum atomic E-state index is 10.7. The molecular weight excluding hydrogens is 160 g/mol. The number of hydrogen-bond acceptors (Lipinski definition) is 1. The lowest BCUT2D eigenvalue weighted by atomic mass is 9.85. The lowest BCUT2D eigenvalue weighted by molar-refractivity contribution is -0.114. The molecule has 0 N–H and O–H groups in total. The third-order valence-electron chi connectivity index (χ3n) is 2.79. The molecule has 1 aliphatic rings. The number of carbonyl (C=O) groups is 1. The standard InChI is InChI=1S/C12H20O/c1-12(2,10-13)9-8-11-6-4-3-5-7-11/h6,10H,3-5,7-9H2,1-2H3. The van der Waals surface area contributed by atoms with Crippen molar-refractivity contribution in [2.24, 2.45) is 5.41 Å². The first kappa shape index (κ1) is 10.5. The fourth-order valence-electron chi connectivity index (χ4n) is 1.67. The Hall–Kier alpha value is -0.590. The summed E-state index contributed by atoms with van der Waals surface area (Å²) in [7, 11) is 0. The number of rotatable bonds is 4. The Labute approximate surface area is 81.2 Å². The van der Waals surface area contributed by atoms with Crippen LogP contribution < -0.4 is 0 Å². The van der Waals surface area contributed by atoms with E-state index in [4.69, 9.17) is 0 Å². The van der Waals surface area contributed by atoms with Crippen LogP contribution in [0.5, 0.6) is 0 Å². The van der Waals surface area contributed by atoms with Crippen molar-refractivity contribution in [1.82, 2.24) is 0 Å². The van der Waals surface area contributed by atoms with Gasteiger partial charge in [0.2, 0.25) is 0 Å². The van der Waals surface area contributed by atoms with Gasteiger partial charge in [0.1, 0.15) is 6.29 Å². The van der Waals surface area contributed by atoms with Crippen molar-refractivity contribution < 1.29 is 4.79 Å².